The number of aryl methyl sites for hydroxylation is 2. The van der Waals surface area contributed by atoms with Crippen molar-refractivity contribution >= 4 is 33.3 Å². The number of hydrogen-bond acceptors (Lipinski definition) is 2. The number of carbonyl (C=O) groups is 1. The van der Waals surface area contributed by atoms with Gasteiger partial charge in [0.25, 0.3) is 0 Å². The lowest BCUT2D eigenvalue weighted by Crippen LogP contribution is -2.19. The van der Waals surface area contributed by atoms with E-state index in [0.717, 1.165) is 21.3 Å². The van der Waals surface area contributed by atoms with Crippen LogP contribution in [0.1, 0.15) is 16.7 Å². The zero-order chi connectivity index (χ0) is 15.4. The topological polar surface area (TPSA) is 64.9 Å². The third kappa shape index (κ3) is 3.83. The molecule has 0 fully saturated rings. The number of amides is 2. The van der Waals surface area contributed by atoms with Gasteiger partial charge in [-0.05, 0) is 61.4 Å². The lowest BCUT2D eigenvalue weighted by Gasteiger charge is -2.10. The van der Waals surface area contributed by atoms with E-state index in [2.05, 4.69) is 26.6 Å². The molecule has 0 saturated heterocycles. The van der Waals surface area contributed by atoms with E-state index in [1.165, 1.54) is 0 Å². The summed E-state index contributed by atoms with van der Waals surface area (Å²) < 4.78 is 1.04. The van der Waals surface area contributed by atoms with Crippen LogP contribution in [0.3, 0.4) is 0 Å². The summed E-state index contributed by atoms with van der Waals surface area (Å²) in [6.07, 6.45) is 0. The van der Waals surface area contributed by atoms with Crippen molar-refractivity contribution in [1.82, 2.24) is 0 Å². The average molecular weight is 344 g/mol. The van der Waals surface area contributed by atoms with E-state index < -0.39 is 0 Å². The summed E-state index contributed by atoms with van der Waals surface area (Å²) in [5, 5.41) is 14.2. The molecule has 0 aromatic heterocycles. The summed E-state index contributed by atoms with van der Waals surface area (Å²) >= 11 is 3.49. The number of halogens is 1. The van der Waals surface area contributed by atoms with Crippen molar-refractivity contribution in [3.63, 3.8) is 0 Å². The summed E-state index contributed by atoms with van der Waals surface area (Å²) in [6.45, 7) is 3.95. The fraction of sp³-hybridized carbons (Fsp3) is 0.125. The minimum Gasteiger partial charge on any atom is -0.308 e. The molecule has 0 saturated carbocycles. The van der Waals surface area contributed by atoms with E-state index in [9.17, 15) is 4.79 Å². The molecule has 2 amide bonds. The number of benzene rings is 2. The summed E-state index contributed by atoms with van der Waals surface area (Å²) in [4.78, 5) is 11.9. The standard InChI is InChI=1S/C16H14BrN3O/c1-10-7-14(8-11(2)15(10)17)20-16(21)19-13-5-3-12(9-18)4-6-13/h3-8H,1-2H3,(H2,19,20,21). The van der Waals surface area contributed by atoms with Gasteiger partial charge in [0.05, 0.1) is 11.6 Å². The number of urea groups is 1. The minimum absolute atomic E-state index is 0.319. The molecule has 0 aliphatic rings. The second-order valence-corrected chi connectivity index (χ2v) is 5.49. The second-order valence-electron chi connectivity index (χ2n) is 4.69. The molecule has 0 bridgehead atoms. The maximum atomic E-state index is 11.9. The first-order chi connectivity index (χ1) is 9.99. The predicted octanol–water partition coefficient (Wildman–Crippen LogP) is 4.58. The molecule has 4 nitrogen and oxygen atoms in total. The molecule has 106 valence electrons. The quantitative estimate of drug-likeness (QED) is 0.837. The Labute approximate surface area is 131 Å². The third-order valence-corrected chi connectivity index (χ3v) is 4.22. The molecule has 0 atom stereocenters. The summed E-state index contributed by atoms with van der Waals surface area (Å²) in [6, 6.07) is 12.2. The van der Waals surface area contributed by atoms with E-state index in [4.69, 9.17) is 5.26 Å². The Balaban J connectivity index is 2.06. The van der Waals surface area contributed by atoms with Crippen molar-refractivity contribution in [2.24, 2.45) is 0 Å². The Hall–Kier alpha value is -2.32. The van der Waals surface area contributed by atoms with Gasteiger partial charge in [0.15, 0.2) is 0 Å². The molecule has 2 aromatic rings. The molecule has 0 spiro atoms. The van der Waals surface area contributed by atoms with Crippen LogP contribution >= 0.6 is 15.9 Å². The second kappa shape index (κ2) is 6.42. The van der Waals surface area contributed by atoms with Crippen LogP contribution in [0.4, 0.5) is 16.2 Å². The highest BCUT2D eigenvalue weighted by atomic mass is 79.9. The highest BCUT2D eigenvalue weighted by molar-refractivity contribution is 9.10. The number of anilines is 2. The highest BCUT2D eigenvalue weighted by Crippen LogP contribution is 2.25. The van der Waals surface area contributed by atoms with Crippen molar-refractivity contribution in [1.29, 1.82) is 5.26 Å². The van der Waals surface area contributed by atoms with Crippen LogP contribution in [0.25, 0.3) is 0 Å². The van der Waals surface area contributed by atoms with E-state index in [1.807, 2.05) is 32.0 Å². The minimum atomic E-state index is -0.319. The predicted molar refractivity (Wildman–Crippen MR) is 87.4 cm³/mol. The Kier molecular flexibility index (Phi) is 4.61. The van der Waals surface area contributed by atoms with Gasteiger partial charge in [0.1, 0.15) is 0 Å². The number of nitrogens with zero attached hydrogens (tertiary/aromatic N) is 1. The third-order valence-electron chi connectivity index (χ3n) is 2.97. The summed E-state index contributed by atoms with van der Waals surface area (Å²) in [7, 11) is 0. The van der Waals surface area contributed by atoms with E-state index >= 15 is 0 Å². The van der Waals surface area contributed by atoms with Crippen LogP contribution in [-0.2, 0) is 0 Å². The number of carbonyl (C=O) groups excluding carboxylic acids is 1. The van der Waals surface area contributed by atoms with Gasteiger partial charge in [0, 0.05) is 15.8 Å². The number of hydrogen-bond donors (Lipinski definition) is 2. The molecule has 2 N–H and O–H groups in total. The van der Waals surface area contributed by atoms with Gasteiger partial charge >= 0.3 is 6.03 Å². The van der Waals surface area contributed by atoms with Crippen molar-refractivity contribution in [2.45, 2.75) is 13.8 Å². The average Bonchev–Trinajstić information content (AvgIpc) is 2.45. The largest absolute Gasteiger partial charge is 0.323 e. The molecule has 0 heterocycles. The number of rotatable bonds is 2. The summed E-state index contributed by atoms with van der Waals surface area (Å²) in [5.74, 6) is 0. The summed E-state index contributed by atoms with van der Waals surface area (Å²) in [5.41, 5.74) is 4.05. The lowest BCUT2D eigenvalue weighted by atomic mass is 10.1. The smallest absolute Gasteiger partial charge is 0.308 e. The zero-order valence-electron chi connectivity index (χ0n) is 11.7. The van der Waals surface area contributed by atoms with Crippen LogP contribution in [0, 0.1) is 25.2 Å². The normalized spacial score (nSPS) is 9.81. The fourth-order valence-corrected chi connectivity index (χ4v) is 2.17. The van der Waals surface area contributed by atoms with Crippen LogP contribution in [-0.4, -0.2) is 6.03 Å². The lowest BCUT2D eigenvalue weighted by molar-refractivity contribution is 0.262. The van der Waals surface area contributed by atoms with Crippen LogP contribution < -0.4 is 10.6 Å². The van der Waals surface area contributed by atoms with Gasteiger partial charge in [-0.3, -0.25) is 0 Å². The molecule has 0 aliphatic carbocycles. The van der Waals surface area contributed by atoms with Crippen LogP contribution in [0.2, 0.25) is 0 Å². The molecule has 5 heteroatoms. The maximum Gasteiger partial charge on any atom is 0.323 e. The van der Waals surface area contributed by atoms with Gasteiger partial charge < -0.3 is 10.6 Å². The van der Waals surface area contributed by atoms with Gasteiger partial charge in [-0.15, -0.1) is 0 Å². The van der Waals surface area contributed by atoms with Crippen LogP contribution in [0.15, 0.2) is 40.9 Å². The molecular weight excluding hydrogens is 330 g/mol. The monoisotopic (exact) mass is 343 g/mol. The maximum absolute atomic E-state index is 11.9. The molecule has 0 unspecified atom stereocenters. The van der Waals surface area contributed by atoms with E-state index in [-0.39, 0.29) is 6.03 Å². The molecule has 21 heavy (non-hydrogen) atoms. The molecular formula is C16H14BrN3O. The fourth-order valence-electron chi connectivity index (χ4n) is 1.94. The van der Waals surface area contributed by atoms with Crippen molar-refractivity contribution in [2.75, 3.05) is 10.6 Å². The Morgan fingerprint density at radius 1 is 1.05 bits per heavy atom. The molecule has 0 radical (unpaired) electrons. The molecule has 2 rings (SSSR count). The van der Waals surface area contributed by atoms with Gasteiger partial charge in [-0.25, -0.2) is 4.79 Å². The Bertz CT molecular complexity index is 694. The number of nitrogens with one attached hydrogen (secondary N) is 2. The van der Waals surface area contributed by atoms with Crippen LogP contribution in [0.5, 0.6) is 0 Å². The van der Waals surface area contributed by atoms with Gasteiger partial charge in [-0.1, -0.05) is 15.9 Å². The van der Waals surface area contributed by atoms with E-state index in [0.29, 0.717) is 11.3 Å². The van der Waals surface area contributed by atoms with Gasteiger partial charge in [0.2, 0.25) is 0 Å². The highest BCUT2D eigenvalue weighted by Gasteiger charge is 2.06. The Morgan fingerprint density at radius 3 is 2.10 bits per heavy atom. The first-order valence-corrected chi connectivity index (χ1v) is 7.14. The number of nitriles is 1. The first-order valence-electron chi connectivity index (χ1n) is 6.34. The zero-order valence-corrected chi connectivity index (χ0v) is 13.3. The van der Waals surface area contributed by atoms with Gasteiger partial charge in [-0.2, -0.15) is 5.26 Å². The van der Waals surface area contributed by atoms with E-state index in [1.54, 1.807) is 24.3 Å². The van der Waals surface area contributed by atoms with Crippen molar-refractivity contribution < 1.29 is 4.79 Å². The van der Waals surface area contributed by atoms with Crippen molar-refractivity contribution in [3.05, 3.63) is 57.6 Å². The molecule has 2 aromatic carbocycles. The molecule has 0 aliphatic heterocycles. The van der Waals surface area contributed by atoms with Crippen molar-refractivity contribution in [3.8, 4) is 6.07 Å². The Morgan fingerprint density at radius 2 is 1.57 bits per heavy atom. The first kappa shape index (κ1) is 15.1. The SMILES string of the molecule is Cc1cc(NC(=O)Nc2ccc(C#N)cc2)cc(C)c1Br.